The Morgan fingerprint density at radius 1 is 1.03 bits per heavy atom. The first-order valence-electron chi connectivity index (χ1n) is 9.87. The largest absolute Gasteiger partial charge is 0.497 e. The summed E-state index contributed by atoms with van der Waals surface area (Å²) in [7, 11) is 3.51. The molecule has 32 heavy (non-hydrogen) atoms. The fourth-order valence-corrected chi connectivity index (χ4v) is 3.86. The van der Waals surface area contributed by atoms with Gasteiger partial charge in [-0.15, -0.1) is 0 Å². The number of aryl methyl sites for hydroxylation is 2. The van der Waals surface area contributed by atoms with E-state index in [4.69, 9.17) is 9.57 Å². The highest BCUT2D eigenvalue weighted by Gasteiger charge is 2.17. The molecule has 0 N–H and O–H groups in total. The van der Waals surface area contributed by atoms with Crippen molar-refractivity contribution in [3.8, 4) is 5.75 Å². The van der Waals surface area contributed by atoms with E-state index in [1.807, 2.05) is 54.9 Å². The Kier molecular flexibility index (Phi) is 5.36. The minimum atomic E-state index is -0.532. The van der Waals surface area contributed by atoms with E-state index in [0.717, 1.165) is 32.9 Å². The molecule has 0 atom stereocenters. The first-order chi connectivity index (χ1) is 15.3. The van der Waals surface area contributed by atoms with Gasteiger partial charge in [0.25, 0.3) is 5.69 Å². The van der Waals surface area contributed by atoms with E-state index in [9.17, 15) is 14.9 Å². The number of non-ortho nitro benzene ring substituents is 1. The molecule has 0 spiro atoms. The van der Waals surface area contributed by atoms with Crippen LogP contribution in [-0.4, -0.2) is 28.3 Å². The van der Waals surface area contributed by atoms with Gasteiger partial charge in [-0.3, -0.25) is 10.1 Å². The molecule has 0 amide bonds. The number of fused-ring (bicyclic) bond motifs is 3. The molecule has 0 aliphatic heterocycles. The Morgan fingerprint density at radius 3 is 2.34 bits per heavy atom. The highest BCUT2D eigenvalue weighted by molar-refractivity contribution is 6.17. The molecule has 0 bridgehead atoms. The summed E-state index contributed by atoms with van der Waals surface area (Å²) < 4.78 is 7.28. The summed E-state index contributed by atoms with van der Waals surface area (Å²) in [6.07, 6.45) is 0. The van der Waals surface area contributed by atoms with E-state index < -0.39 is 10.9 Å². The number of carbonyl (C=O) groups is 1. The molecule has 0 saturated carbocycles. The van der Waals surface area contributed by atoms with E-state index >= 15 is 0 Å². The van der Waals surface area contributed by atoms with Gasteiger partial charge >= 0.3 is 5.97 Å². The van der Waals surface area contributed by atoms with Gasteiger partial charge in [-0.1, -0.05) is 11.2 Å². The summed E-state index contributed by atoms with van der Waals surface area (Å²) in [6.45, 7) is 3.20. The molecule has 0 fully saturated rings. The Morgan fingerprint density at radius 2 is 1.72 bits per heavy atom. The van der Waals surface area contributed by atoms with Crippen molar-refractivity contribution in [3.63, 3.8) is 0 Å². The third kappa shape index (κ3) is 3.66. The van der Waals surface area contributed by atoms with Gasteiger partial charge in [-0.05, 0) is 48.9 Å². The molecule has 4 rings (SSSR count). The van der Waals surface area contributed by atoms with Crippen LogP contribution in [0.4, 0.5) is 5.69 Å². The number of nitro groups is 1. The van der Waals surface area contributed by atoms with E-state index in [0.29, 0.717) is 17.0 Å². The molecule has 8 nitrogen and oxygen atoms in total. The SMILES string of the molecule is COc1ccc(/C(=N\OC(C)=O)c2ccc3c(c2)c2cc([N+](=O)[O-])ccc2n3C)c(C)c1. The third-order valence-corrected chi connectivity index (χ3v) is 5.43. The Bertz CT molecular complexity index is 1420. The molecule has 1 heterocycles. The second-order valence-corrected chi connectivity index (χ2v) is 7.45. The van der Waals surface area contributed by atoms with Crippen LogP contribution in [0.2, 0.25) is 0 Å². The number of rotatable bonds is 5. The van der Waals surface area contributed by atoms with Crippen molar-refractivity contribution in [1.82, 2.24) is 4.57 Å². The number of oxime groups is 1. The lowest BCUT2D eigenvalue weighted by Gasteiger charge is -2.11. The standard InChI is InChI=1S/C24H21N3O5/c1-14-11-18(31-4)7-8-19(14)24(25-32-15(2)28)16-5-9-22-20(12-16)21-13-17(27(29)30)6-10-23(21)26(22)3/h5-13H,1-4H3/b25-24-. The van der Waals surface area contributed by atoms with Crippen molar-refractivity contribution >= 4 is 39.2 Å². The average molecular weight is 431 g/mol. The summed E-state index contributed by atoms with van der Waals surface area (Å²) in [4.78, 5) is 27.4. The van der Waals surface area contributed by atoms with Crippen molar-refractivity contribution in [1.29, 1.82) is 0 Å². The Balaban J connectivity index is 1.95. The van der Waals surface area contributed by atoms with Crippen LogP contribution in [0, 0.1) is 17.0 Å². The number of nitrogens with zero attached hydrogens (tertiary/aromatic N) is 3. The smallest absolute Gasteiger partial charge is 0.332 e. The van der Waals surface area contributed by atoms with E-state index in [1.165, 1.54) is 13.0 Å². The van der Waals surface area contributed by atoms with Crippen LogP contribution in [0.5, 0.6) is 5.75 Å². The Labute approximate surface area is 183 Å². The molecule has 0 saturated heterocycles. The number of ether oxygens (including phenoxy) is 1. The average Bonchev–Trinajstić information content (AvgIpc) is 3.05. The monoisotopic (exact) mass is 431 g/mol. The minimum Gasteiger partial charge on any atom is -0.497 e. The van der Waals surface area contributed by atoms with Crippen LogP contribution in [0.1, 0.15) is 23.6 Å². The summed E-state index contributed by atoms with van der Waals surface area (Å²) in [5.74, 6) is 0.172. The number of hydrogen-bond acceptors (Lipinski definition) is 6. The molecule has 8 heteroatoms. The van der Waals surface area contributed by atoms with Gasteiger partial charge < -0.3 is 14.1 Å². The molecule has 0 unspecified atom stereocenters. The van der Waals surface area contributed by atoms with Crippen LogP contribution in [0.25, 0.3) is 21.8 Å². The zero-order valence-corrected chi connectivity index (χ0v) is 18.1. The maximum absolute atomic E-state index is 11.5. The van der Waals surface area contributed by atoms with Crippen molar-refractivity contribution in [3.05, 3.63) is 81.4 Å². The fourth-order valence-electron chi connectivity index (χ4n) is 3.86. The normalized spacial score (nSPS) is 11.7. The second-order valence-electron chi connectivity index (χ2n) is 7.45. The van der Waals surface area contributed by atoms with Gasteiger partial charge in [0.15, 0.2) is 0 Å². The van der Waals surface area contributed by atoms with Crippen LogP contribution < -0.4 is 4.74 Å². The zero-order chi connectivity index (χ0) is 23.0. The number of nitro benzene ring substituents is 1. The predicted molar refractivity (Wildman–Crippen MR) is 122 cm³/mol. The maximum Gasteiger partial charge on any atom is 0.332 e. The number of hydrogen-bond donors (Lipinski definition) is 0. The molecule has 0 radical (unpaired) electrons. The molecule has 1 aromatic heterocycles. The molecule has 4 aromatic rings. The third-order valence-electron chi connectivity index (χ3n) is 5.43. The minimum absolute atomic E-state index is 0.0233. The Hall–Kier alpha value is -4.20. The van der Waals surface area contributed by atoms with E-state index in [1.54, 1.807) is 19.2 Å². The quantitative estimate of drug-likeness (QED) is 0.194. The highest BCUT2D eigenvalue weighted by atomic mass is 16.7. The van der Waals surface area contributed by atoms with Crippen molar-refractivity contribution in [2.24, 2.45) is 12.2 Å². The topological polar surface area (TPSA) is 96.0 Å². The predicted octanol–water partition coefficient (Wildman–Crippen LogP) is 4.87. The first-order valence-corrected chi connectivity index (χ1v) is 9.87. The highest BCUT2D eigenvalue weighted by Crippen LogP contribution is 2.32. The lowest BCUT2D eigenvalue weighted by atomic mass is 9.96. The van der Waals surface area contributed by atoms with Gasteiger partial charge in [-0.2, -0.15) is 0 Å². The molecule has 0 aliphatic rings. The number of aromatic nitrogens is 1. The van der Waals surface area contributed by atoms with E-state index in [-0.39, 0.29) is 5.69 Å². The zero-order valence-electron chi connectivity index (χ0n) is 18.1. The van der Waals surface area contributed by atoms with Gasteiger partial charge in [0.05, 0.1) is 12.0 Å². The van der Waals surface area contributed by atoms with Gasteiger partial charge in [-0.25, -0.2) is 4.79 Å². The van der Waals surface area contributed by atoms with Crippen LogP contribution >= 0.6 is 0 Å². The molecule has 3 aromatic carbocycles. The van der Waals surface area contributed by atoms with Crippen molar-refractivity contribution in [2.45, 2.75) is 13.8 Å². The second kappa shape index (κ2) is 8.14. The summed E-state index contributed by atoms with van der Waals surface area (Å²) >= 11 is 0. The van der Waals surface area contributed by atoms with Crippen LogP contribution in [-0.2, 0) is 16.7 Å². The van der Waals surface area contributed by atoms with Crippen molar-refractivity contribution < 1.29 is 19.3 Å². The van der Waals surface area contributed by atoms with Crippen LogP contribution in [0.3, 0.4) is 0 Å². The van der Waals surface area contributed by atoms with Crippen LogP contribution in [0.15, 0.2) is 59.8 Å². The van der Waals surface area contributed by atoms with Gasteiger partial charge in [0, 0.05) is 59.0 Å². The molecular weight excluding hydrogens is 410 g/mol. The molecular formula is C24H21N3O5. The number of carbonyl (C=O) groups excluding carboxylic acids is 1. The van der Waals surface area contributed by atoms with Gasteiger partial charge in [0.2, 0.25) is 0 Å². The van der Waals surface area contributed by atoms with E-state index in [2.05, 4.69) is 5.16 Å². The lowest BCUT2D eigenvalue weighted by molar-refractivity contribution is -0.384. The maximum atomic E-state index is 11.5. The summed E-state index contributed by atoms with van der Waals surface area (Å²) in [5.41, 5.74) is 4.68. The fraction of sp³-hybridized carbons (Fsp3) is 0.167. The molecule has 0 aliphatic carbocycles. The first kappa shape index (κ1) is 21.0. The number of benzene rings is 3. The summed E-state index contributed by atoms with van der Waals surface area (Å²) in [5, 5.41) is 17.0. The van der Waals surface area contributed by atoms with Gasteiger partial charge in [0.1, 0.15) is 11.5 Å². The number of methoxy groups -OCH3 is 1. The lowest BCUT2D eigenvalue weighted by Crippen LogP contribution is -2.08. The molecule has 162 valence electrons. The van der Waals surface area contributed by atoms with Crippen molar-refractivity contribution in [2.75, 3.05) is 7.11 Å². The summed E-state index contributed by atoms with van der Waals surface area (Å²) in [6, 6.07) is 16.1.